The minimum Gasteiger partial charge on any atom is -0.389 e. The number of hydrogen-bond acceptors (Lipinski definition) is 3. The molecule has 1 aliphatic rings. The molecule has 5 heteroatoms. The Morgan fingerprint density at radius 3 is 2.25 bits per heavy atom. The largest absolute Gasteiger partial charge is 0.389 e. The first-order valence-corrected chi connectivity index (χ1v) is 10.8. The summed E-state index contributed by atoms with van der Waals surface area (Å²) in [7, 11) is 0. The number of aliphatic hydroxyl groups is 1. The Morgan fingerprint density at radius 2 is 1.64 bits per heavy atom. The molecular weight excluding hydrogens is 391 g/mol. The number of halogens is 2. The summed E-state index contributed by atoms with van der Waals surface area (Å²) in [5.41, 5.74) is 1.61. The van der Waals surface area contributed by atoms with Crippen molar-refractivity contribution in [3.05, 3.63) is 64.1 Å². The van der Waals surface area contributed by atoms with Crippen molar-refractivity contribution < 1.29 is 5.11 Å². The molecule has 1 saturated heterocycles. The van der Waals surface area contributed by atoms with E-state index in [4.69, 9.17) is 23.2 Å². The van der Waals surface area contributed by atoms with Gasteiger partial charge >= 0.3 is 0 Å². The molecule has 1 heterocycles. The van der Waals surface area contributed by atoms with Crippen LogP contribution in [0.2, 0.25) is 10.0 Å². The van der Waals surface area contributed by atoms with Gasteiger partial charge in [0.25, 0.3) is 0 Å². The minimum atomic E-state index is -0.710. The minimum absolute atomic E-state index is 0.191. The number of nitrogens with zero attached hydrogens (tertiary/aromatic N) is 2. The molecule has 2 aromatic carbocycles. The third kappa shape index (κ3) is 5.64. The van der Waals surface area contributed by atoms with Crippen molar-refractivity contribution in [1.82, 2.24) is 4.90 Å². The number of hydrogen-bond donors (Lipinski definition) is 1. The Kier molecular flexibility index (Phi) is 7.27. The van der Waals surface area contributed by atoms with Crippen LogP contribution in [-0.2, 0) is 6.42 Å². The quantitative estimate of drug-likeness (QED) is 0.671. The Morgan fingerprint density at radius 1 is 0.964 bits per heavy atom. The maximum Gasteiger partial charge on any atom is 0.0722 e. The number of benzene rings is 2. The van der Waals surface area contributed by atoms with E-state index in [9.17, 15) is 5.11 Å². The van der Waals surface area contributed by atoms with E-state index < -0.39 is 5.60 Å². The van der Waals surface area contributed by atoms with Crippen molar-refractivity contribution in [2.24, 2.45) is 5.92 Å². The molecule has 152 valence electrons. The van der Waals surface area contributed by atoms with E-state index in [1.165, 1.54) is 5.69 Å². The summed E-state index contributed by atoms with van der Waals surface area (Å²) < 4.78 is 0. The molecule has 0 aliphatic carbocycles. The van der Waals surface area contributed by atoms with Gasteiger partial charge in [-0.1, -0.05) is 55.2 Å². The topological polar surface area (TPSA) is 26.7 Å². The third-order valence-corrected chi connectivity index (χ3v) is 6.39. The van der Waals surface area contributed by atoms with Crippen molar-refractivity contribution in [3.8, 4) is 0 Å². The molecule has 3 rings (SSSR count). The first-order valence-electron chi connectivity index (χ1n) is 10.1. The Balaban J connectivity index is 1.54. The van der Waals surface area contributed by atoms with E-state index in [1.54, 1.807) is 0 Å². The molecule has 0 bridgehead atoms. The second-order valence-corrected chi connectivity index (χ2v) is 8.99. The van der Waals surface area contributed by atoms with Crippen LogP contribution < -0.4 is 4.90 Å². The van der Waals surface area contributed by atoms with Crippen molar-refractivity contribution in [3.63, 3.8) is 0 Å². The van der Waals surface area contributed by atoms with Crippen LogP contribution in [0, 0.1) is 5.92 Å². The van der Waals surface area contributed by atoms with Crippen LogP contribution in [0.25, 0.3) is 0 Å². The monoisotopic (exact) mass is 420 g/mol. The van der Waals surface area contributed by atoms with E-state index in [-0.39, 0.29) is 5.92 Å². The van der Waals surface area contributed by atoms with Gasteiger partial charge in [-0.3, -0.25) is 4.90 Å². The lowest BCUT2D eigenvalue weighted by Gasteiger charge is -2.39. The summed E-state index contributed by atoms with van der Waals surface area (Å²) in [6, 6.07) is 15.9. The molecule has 1 fully saturated rings. The highest BCUT2D eigenvalue weighted by atomic mass is 35.5. The van der Waals surface area contributed by atoms with Crippen LogP contribution in [0.15, 0.2) is 48.5 Å². The molecule has 3 nitrogen and oxygen atoms in total. The lowest BCUT2D eigenvalue weighted by molar-refractivity contribution is -0.0205. The van der Waals surface area contributed by atoms with E-state index in [0.717, 1.165) is 54.8 Å². The fourth-order valence-corrected chi connectivity index (χ4v) is 4.10. The van der Waals surface area contributed by atoms with Crippen LogP contribution in [0.3, 0.4) is 0 Å². The fourth-order valence-electron chi connectivity index (χ4n) is 3.79. The highest BCUT2D eigenvalue weighted by Crippen LogP contribution is 2.28. The molecule has 1 N–H and O–H groups in total. The van der Waals surface area contributed by atoms with Crippen molar-refractivity contribution >= 4 is 28.9 Å². The lowest BCUT2D eigenvalue weighted by Crippen LogP contribution is -2.49. The zero-order valence-electron chi connectivity index (χ0n) is 16.7. The molecule has 1 unspecified atom stereocenters. The van der Waals surface area contributed by atoms with Gasteiger partial charge < -0.3 is 10.0 Å². The summed E-state index contributed by atoms with van der Waals surface area (Å²) >= 11 is 12.1. The number of rotatable bonds is 7. The van der Waals surface area contributed by atoms with Crippen LogP contribution in [0.1, 0.15) is 25.8 Å². The van der Waals surface area contributed by atoms with Crippen molar-refractivity contribution in [1.29, 1.82) is 0 Å². The third-order valence-electron chi connectivity index (χ3n) is 5.90. The Bertz CT molecular complexity index is 757. The summed E-state index contributed by atoms with van der Waals surface area (Å²) in [5.74, 6) is 0.191. The standard InChI is InChI=1S/C23H30Cl2N2O/c1-18(2)23(28,17-19-6-8-20(24)9-7-19)10-11-26-12-14-27(15-13-26)22-5-3-4-21(25)16-22/h3-9,16,18,28H,10-15,17H2,1-2H3. The SMILES string of the molecule is CC(C)C(O)(CCN1CCN(c2cccc(Cl)c2)CC1)Cc1ccc(Cl)cc1. The normalized spacial score (nSPS) is 17.7. The molecular formula is C23H30Cl2N2O. The van der Waals surface area contributed by atoms with E-state index >= 15 is 0 Å². The average molecular weight is 421 g/mol. The van der Waals surface area contributed by atoms with E-state index in [1.807, 2.05) is 42.5 Å². The van der Waals surface area contributed by atoms with Gasteiger partial charge in [-0.25, -0.2) is 0 Å². The van der Waals surface area contributed by atoms with Crippen LogP contribution in [0.5, 0.6) is 0 Å². The second kappa shape index (κ2) is 9.49. The van der Waals surface area contributed by atoms with Crippen molar-refractivity contribution in [2.45, 2.75) is 32.3 Å². The van der Waals surface area contributed by atoms with Gasteiger partial charge in [0.1, 0.15) is 0 Å². The summed E-state index contributed by atoms with van der Waals surface area (Å²) in [6.07, 6.45) is 1.43. The molecule has 2 aromatic rings. The molecule has 1 atom stereocenters. The fraction of sp³-hybridized carbons (Fsp3) is 0.478. The summed E-state index contributed by atoms with van der Waals surface area (Å²) in [6.45, 7) is 9.09. The molecule has 0 amide bonds. The maximum absolute atomic E-state index is 11.3. The second-order valence-electron chi connectivity index (χ2n) is 8.12. The molecule has 1 aliphatic heterocycles. The van der Waals surface area contributed by atoms with Crippen LogP contribution in [-0.4, -0.2) is 48.3 Å². The predicted octanol–water partition coefficient (Wildman–Crippen LogP) is 5.14. The number of piperazine rings is 1. The summed E-state index contributed by atoms with van der Waals surface area (Å²) in [4.78, 5) is 4.83. The Hall–Kier alpha value is -1.26. The molecule has 0 aromatic heterocycles. The zero-order chi connectivity index (χ0) is 20.1. The van der Waals surface area contributed by atoms with Gasteiger partial charge in [-0.2, -0.15) is 0 Å². The Labute approximate surface area is 178 Å². The van der Waals surface area contributed by atoms with Crippen molar-refractivity contribution in [2.75, 3.05) is 37.6 Å². The lowest BCUT2D eigenvalue weighted by atomic mass is 9.81. The molecule has 0 saturated carbocycles. The first-order chi connectivity index (χ1) is 13.4. The van der Waals surface area contributed by atoms with Gasteiger partial charge in [0.05, 0.1) is 5.60 Å². The smallest absolute Gasteiger partial charge is 0.0722 e. The highest BCUT2D eigenvalue weighted by Gasteiger charge is 2.32. The first kappa shape index (κ1) is 21.4. The molecule has 0 radical (unpaired) electrons. The van der Waals surface area contributed by atoms with E-state index in [2.05, 4.69) is 29.7 Å². The highest BCUT2D eigenvalue weighted by molar-refractivity contribution is 6.31. The van der Waals surface area contributed by atoms with Gasteiger partial charge in [-0.05, 0) is 48.2 Å². The number of anilines is 1. The van der Waals surface area contributed by atoms with Gasteiger partial charge in [0, 0.05) is 54.9 Å². The predicted molar refractivity (Wildman–Crippen MR) is 120 cm³/mol. The molecule has 0 spiro atoms. The summed E-state index contributed by atoms with van der Waals surface area (Å²) in [5, 5.41) is 12.8. The average Bonchev–Trinajstić information content (AvgIpc) is 2.68. The molecule has 28 heavy (non-hydrogen) atoms. The van der Waals surface area contributed by atoms with Gasteiger partial charge in [0.2, 0.25) is 0 Å². The van der Waals surface area contributed by atoms with Gasteiger partial charge in [0.15, 0.2) is 0 Å². The van der Waals surface area contributed by atoms with Crippen LogP contribution >= 0.6 is 23.2 Å². The van der Waals surface area contributed by atoms with Crippen LogP contribution in [0.4, 0.5) is 5.69 Å². The maximum atomic E-state index is 11.3. The van der Waals surface area contributed by atoms with Gasteiger partial charge in [-0.15, -0.1) is 0 Å². The zero-order valence-corrected chi connectivity index (χ0v) is 18.3. The van der Waals surface area contributed by atoms with E-state index in [0.29, 0.717) is 6.42 Å².